The normalized spacial score (nSPS) is 16.2. The van der Waals surface area contributed by atoms with E-state index in [4.69, 9.17) is 9.47 Å². The van der Waals surface area contributed by atoms with Crippen molar-refractivity contribution >= 4 is 11.8 Å². The maximum atomic E-state index is 12.7. The van der Waals surface area contributed by atoms with Crippen molar-refractivity contribution in [2.45, 2.75) is 40.5 Å². The molecule has 2 aromatic rings. The van der Waals surface area contributed by atoms with Gasteiger partial charge in [0, 0.05) is 24.5 Å². The minimum Gasteiger partial charge on any atom is -0.377 e. The summed E-state index contributed by atoms with van der Waals surface area (Å²) in [6.07, 6.45) is 18.0. The number of hydrogen-bond acceptors (Lipinski definition) is 4. The number of carbonyl (C=O) groups excluding carboxylic acids is 2. The zero-order chi connectivity index (χ0) is 28.5. The number of hydrogen-bond donors (Lipinski definition) is 4. The lowest BCUT2D eigenvalue weighted by molar-refractivity contribution is 0.0485. The average Bonchev–Trinajstić information content (AvgIpc) is 3.75. The molecule has 0 aliphatic heterocycles. The second kappa shape index (κ2) is 14.9. The van der Waals surface area contributed by atoms with Gasteiger partial charge in [-0.2, -0.15) is 0 Å². The lowest BCUT2D eigenvalue weighted by Gasteiger charge is -2.08. The molecule has 2 aromatic heterocycles. The van der Waals surface area contributed by atoms with Crippen LogP contribution >= 0.6 is 0 Å². The van der Waals surface area contributed by atoms with Crippen molar-refractivity contribution in [2.24, 2.45) is 0 Å². The van der Waals surface area contributed by atoms with Crippen LogP contribution in [-0.2, 0) is 22.3 Å². The van der Waals surface area contributed by atoms with Gasteiger partial charge in [0.15, 0.2) is 0 Å². The number of aromatic amines is 2. The Hall–Kier alpha value is -2.58. The summed E-state index contributed by atoms with van der Waals surface area (Å²) in [5, 5.41) is 5.83. The number of H-pyrrole nitrogens is 2. The van der Waals surface area contributed by atoms with Crippen LogP contribution in [0.1, 0.15) is 54.6 Å². The number of nitrogens with one attached hydrogen (secondary N) is 4. The summed E-state index contributed by atoms with van der Waals surface area (Å²) < 4.78 is 11.2. The Morgan fingerprint density at radius 3 is 1.35 bits per heavy atom. The van der Waals surface area contributed by atoms with Gasteiger partial charge < -0.3 is 30.1 Å². The Labute approximate surface area is 239 Å². The zero-order valence-electron chi connectivity index (χ0n) is 23.9. The van der Waals surface area contributed by atoms with Crippen LogP contribution in [0.3, 0.4) is 0 Å². The molecule has 2 heterocycles. The Morgan fingerprint density at radius 1 is 0.600 bits per heavy atom. The van der Waals surface area contributed by atoms with Crippen LogP contribution in [0.15, 0.2) is 0 Å². The molecule has 40 heavy (non-hydrogen) atoms. The number of aromatic nitrogens is 2. The molecule has 212 valence electrons. The molecular weight excluding hydrogens is 504 g/mol. The quantitative estimate of drug-likeness (QED) is 0.257. The van der Waals surface area contributed by atoms with E-state index in [1.54, 1.807) is 0 Å². The van der Waals surface area contributed by atoms with Crippen LogP contribution in [0.25, 0.3) is 0 Å². The van der Waals surface area contributed by atoms with Gasteiger partial charge in [-0.15, -0.1) is 0 Å². The summed E-state index contributed by atoms with van der Waals surface area (Å²) >= 11 is 0. The van der Waals surface area contributed by atoms with Crippen LogP contribution in [0.4, 0.5) is 0 Å². The lowest BCUT2D eigenvalue weighted by atomic mass is 9.99. The molecular formula is C32H40N4O4. The van der Waals surface area contributed by atoms with E-state index in [0.717, 1.165) is 46.5 Å². The predicted octanol–water partition coefficient (Wildman–Crippen LogP) is 3.66. The molecule has 0 bridgehead atoms. The van der Waals surface area contributed by atoms with Gasteiger partial charge in [-0.3, -0.25) is 9.59 Å². The molecule has 0 spiro atoms. The third-order valence-electron chi connectivity index (χ3n) is 7.45. The topological polar surface area (TPSA) is 108 Å². The second-order valence-corrected chi connectivity index (χ2v) is 10.1. The van der Waals surface area contributed by atoms with Crippen LogP contribution in [0.2, 0.25) is 0 Å². The van der Waals surface area contributed by atoms with Crippen LogP contribution < -0.4 is 10.6 Å². The minimum atomic E-state index is -0.129. The highest BCUT2D eigenvalue weighted by Crippen LogP contribution is 2.30. The molecule has 0 aromatic carbocycles. The summed E-state index contributed by atoms with van der Waals surface area (Å²) in [5.41, 5.74) is 7.52. The molecule has 8 nitrogen and oxygen atoms in total. The summed E-state index contributed by atoms with van der Waals surface area (Å²) in [4.78, 5) is 31.9. The Balaban J connectivity index is 1.05. The summed E-state index contributed by atoms with van der Waals surface area (Å²) in [6.45, 7) is 10.4. The highest BCUT2D eigenvalue weighted by Gasteiger charge is 2.23. The summed E-state index contributed by atoms with van der Waals surface area (Å²) in [5.74, 6) is 2.18. The van der Waals surface area contributed by atoms with E-state index in [0.29, 0.717) is 50.9 Å². The third kappa shape index (κ3) is 8.00. The maximum absolute atomic E-state index is 12.7. The van der Waals surface area contributed by atoms with Crippen molar-refractivity contribution in [3.63, 3.8) is 0 Å². The molecule has 0 atom stereocenters. The second-order valence-electron chi connectivity index (χ2n) is 10.1. The van der Waals surface area contributed by atoms with Crippen molar-refractivity contribution in [3.05, 3.63) is 108 Å². The lowest BCUT2D eigenvalue weighted by Crippen LogP contribution is -2.29. The monoisotopic (exact) mass is 544 g/mol. The van der Waals surface area contributed by atoms with Crippen molar-refractivity contribution in [1.29, 1.82) is 0 Å². The molecule has 10 radical (unpaired) electrons. The van der Waals surface area contributed by atoms with Crippen molar-refractivity contribution in [3.8, 4) is 0 Å². The Kier molecular flexibility index (Phi) is 11.3. The molecule has 2 amide bonds. The molecule has 2 aliphatic carbocycles. The van der Waals surface area contributed by atoms with Crippen LogP contribution in [-0.4, -0.2) is 61.3 Å². The van der Waals surface area contributed by atoms with Crippen molar-refractivity contribution in [1.82, 2.24) is 20.6 Å². The first kappa shape index (κ1) is 30.4. The number of ether oxygens (including phenoxy) is 2. The largest absolute Gasteiger partial charge is 0.377 e. The van der Waals surface area contributed by atoms with Crippen molar-refractivity contribution < 1.29 is 19.1 Å². The van der Waals surface area contributed by atoms with E-state index in [2.05, 4.69) is 46.3 Å². The number of amides is 2. The third-order valence-corrected chi connectivity index (χ3v) is 7.45. The Morgan fingerprint density at radius 2 is 0.975 bits per heavy atom. The molecule has 2 aliphatic rings. The van der Waals surface area contributed by atoms with Gasteiger partial charge in [0.2, 0.25) is 0 Å². The number of rotatable bonds is 15. The standard InChI is InChI=1S/C32H40N4O4/c1-21-23(3)29(35-27(21)19-25-9-5-6-10-25)31(37)33-13-15-39-17-18-40-16-14-34-32(38)30-24(4)22(2)28(36-30)20-26-11-7-8-12-26/h5-12,35-36H,13-20H2,1-4H3,(H,33,37)(H,34,38). The molecule has 2 saturated carbocycles. The average molecular weight is 545 g/mol. The minimum absolute atomic E-state index is 0.129. The maximum Gasteiger partial charge on any atom is 0.268 e. The SMILES string of the molecule is Cc1c(C[C]2[CH][CH][CH][CH]2)[nH]c(C(=O)NCCOCCOCCNC(=O)c2[nH]c(C[C]3[CH][CH][CH][CH]3)c(C)c2C)c1C. The first-order valence-corrected chi connectivity index (χ1v) is 13.8. The van der Waals surface area contributed by atoms with Gasteiger partial charge in [-0.05, 0) is 126 Å². The van der Waals surface area contributed by atoms with E-state index in [-0.39, 0.29) is 11.8 Å². The molecule has 2 fully saturated rings. The fourth-order valence-electron chi connectivity index (χ4n) is 4.76. The molecule has 0 unspecified atom stereocenters. The van der Waals surface area contributed by atoms with Gasteiger partial charge in [0.1, 0.15) is 11.4 Å². The zero-order valence-corrected chi connectivity index (χ0v) is 23.9. The van der Waals surface area contributed by atoms with E-state index >= 15 is 0 Å². The van der Waals surface area contributed by atoms with Gasteiger partial charge in [0.05, 0.1) is 26.4 Å². The van der Waals surface area contributed by atoms with E-state index in [9.17, 15) is 9.59 Å². The Bertz CT molecular complexity index is 1030. The fourth-order valence-corrected chi connectivity index (χ4v) is 4.76. The first-order chi connectivity index (χ1) is 19.3. The van der Waals surface area contributed by atoms with Gasteiger partial charge in [-0.1, -0.05) is 0 Å². The molecule has 0 saturated heterocycles. The fraction of sp³-hybridized carbons (Fsp3) is 0.375. The highest BCUT2D eigenvalue weighted by atomic mass is 16.5. The van der Waals surface area contributed by atoms with E-state index in [1.807, 2.05) is 53.4 Å². The molecule has 4 rings (SSSR count). The van der Waals surface area contributed by atoms with Crippen LogP contribution in [0.5, 0.6) is 0 Å². The molecule has 8 heteroatoms. The van der Waals surface area contributed by atoms with Gasteiger partial charge in [-0.25, -0.2) is 0 Å². The highest BCUT2D eigenvalue weighted by molar-refractivity contribution is 5.95. The first-order valence-electron chi connectivity index (χ1n) is 13.8. The van der Waals surface area contributed by atoms with Gasteiger partial charge in [0.25, 0.3) is 11.8 Å². The van der Waals surface area contributed by atoms with E-state index in [1.165, 1.54) is 11.8 Å². The molecule has 4 N–H and O–H groups in total. The van der Waals surface area contributed by atoms with Crippen LogP contribution in [0, 0.1) is 90.9 Å². The van der Waals surface area contributed by atoms with Crippen molar-refractivity contribution in [2.75, 3.05) is 39.5 Å². The summed E-state index contributed by atoms with van der Waals surface area (Å²) in [6, 6.07) is 0. The van der Waals surface area contributed by atoms with Gasteiger partial charge >= 0.3 is 0 Å². The van der Waals surface area contributed by atoms with E-state index < -0.39 is 0 Å². The smallest absolute Gasteiger partial charge is 0.268 e. The summed E-state index contributed by atoms with van der Waals surface area (Å²) in [7, 11) is 0. The predicted molar refractivity (Wildman–Crippen MR) is 155 cm³/mol. The number of carbonyl (C=O) groups is 2.